The lowest BCUT2D eigenvalue weighted by Gasteiger charge is -2.31. The van der Waals surface area contributed by atoms with E-state index in [9.17, 15) is 9.59 Å². The third-order valence-corrected chi connectivity index (χ3v) is 5.22. The van der Waals surface area contributed by atoms with E-state index in [2.05, 4.69) is 10.3 Å². The van der Waals surface area contributed by atoms with Gasteiger partial charge in [0.1, 0.15) is 0 Å². The molecule has 0 bridgehead atoms. The van der Waals surface area contributed by atoms with Gasteiger partial charge in [0.2, 0.25) is 11.8 Å². The van der Waals surface area contributed by atoms with E-state index in [0.29, 0.717) is 38.4 Å². The zero-order chi connectivity index (χ0) is 17.6. The van der Waals surface area contributed by atoms with Gasteiger partial charge in [-0.15, -0.1) is 11.3 Å². The summed E-state index contributed by atoms with van der Waals surface area (Å²) in [5, 5.41) is 4.87. The lowest BCUT2D eigenvalue weighted by atomic mass is 9.95. The maximum Gasteiger partial charge on any atom is 0.263 e. The molecule has 1 fully saturated rings. The van der Waals surface area contributed by atoms with Gasteiger partial charge in [-0.2, -0.15) is 0 Å². The molecular formula is C18H21N3O3S. The predicted molar refractivity (Wildman–Crippen MR) is 95.6 cm³/mol. The normalized spacial score (nSPS) is 15.0. The molecule has 0 spiro atoms. The van der Waals surface area contributed by atoms with E-state index in [1.165, 1.54) is 11.3 Å². The zero-order valence-electron chi connectivity index (χ0n) is 14.1. The maximum absolute atomic E-state index is 12.4. The molecule has 2 aromatic rings. The zero-order valence-corrected chi connectivity index (χ0v) is 14.9. The molecule has 0 aliphatic carbocycles. The number of nitrogens with one attached hydrogen (secondary N) is 1. The smallest absolute Gasteiger partial charge is 0.263 e. The fourth-order valence-corrected chi connectivity index (χ4v) is 3.60. The number of aromatic nitrogens is 1. The SMILES string of the molecule is COc1cc(CNC(=O)C2CCN(C(=O)c3cccs3)CC2)ccn1. The van der Waals surface area contributed by atoms with E-state index in [1.807, 2.05) is 34.5 Å². The average Bonchev–Trinajstić information content (AvgIpc) is 3.20. The molecule has 1 aliphatic rings. The minimum atomic E-state index is -0.0453. The first kappa shape index (κ1) is 17.4. The van der Waals surface area contributed by atoms with Crippen LogP contribution >= 0.6 is 11.3 Å². The second kappa shape index (κ2) is 8.11. The number of pyridine rings is 1. The summed E-state index contributed by atoms with van der Waals surface area (Å²) < 4.78 is 5.08. The Kier molecular flexibility index (Phi) is 5.65. The fraction of sp³-hybridized carbons (Fsp3) is 0.389. The molecule has 0 radical (unpaired) electrons. The first-order valence-corrected chi connectivity index (χ1v) is 9.14. The molecule has 0 atom stereocenters. The van der Waals surface area contributed by atoms with Crippen LogP contribution < -0.4 is 10.1 Å². The van der Waals surface area contributed by atoms with Crippen LogP contribution in [0.1, 0.15) is 28.1 Å². The fourth-order valence-electron chi connectivity index (χ4n) is 2.91. The molecule has 25 heavy (non-hydrogen) atoms. The Morgan fingerprint density at radius 2 is 2.16 bits per heavy atom. The van der Waals surface area contributed by atoms with Crippen molar-refractivity contribution in [1.82, 2.24) is 15.2 Å². The minimum Gasteiger partial charge on any atom is -0.481 e. The van der Waals surface area contributed by atoms with Gasteiger partial charge in [-0.05, 0) is 35.9 Å². The van der Waals surface area contributed by atoms with Crippen molar-refractivity contribution in [3.8, 4) is 5.88 Å². The maximum atomic E-state index is 12.4. The van der Waals surface area contributed by atoms with Crippen LogP contribution in [-0.4, -0.2) is 41.9 Å². The highest BCUT2D eigenvalue weighted by molar-refractivity contribution is 7.12. The molecule has 1 N–H and O–H groups in total. The molecule has 6 nitrogen and oxygen atoms in total. The lowest BCUT2D eigenvalue weighted by molar-refractivity contribution is -0.126. The van der Waals surface area contributed by atoms with Crippen molar-refractivity contribution in [2.24, 2.45) is 5.92 Å². The van der Waals surface area contributed by atoms with Gasteiger partial charge in [0.05, 0.1) is 12.0 Å². The second-order valence-corrected chi connectivity index (χ2v) is 6.92. The molecule has 3 heterocycles. The summed E-state index contributed by atoms with van der Waals surface area (Å²) in [7, 11) is 1.57. The predicted octanol–water partition coefficient (Wildman–Crippen LogP) is 2.32. The van der Waals surface area contributed by atoms with E-state index in [0.717, 1.165) is 10.4 Å². The summed E-state index contributed by atoms with van der Waals surface area (Å²) in [5.74, 6) is 0.597. The number of amides is 2. The molecule has 1 saturated heterocycles. The van der Waals surface area contributed by atoms with Gasteiger partial charge < -0.3 is 15.0 Å². The Morgan fingerprint density at radius 3 is 2.84 bits per heavy atom. The average molecular weight is 359 g/mol. The van der Waals surface area contributed by atoms with Gasteiger partial charge in [-0.3, -0.25) is 9.59 Å². The number of hydrogen-bond donors (Lipinski definition) is 1. The van der Waals surface area contributed by atoms with Crippen LogP contribution in [0.2, 0.25) is 0 Å². The van der Waals surface area contributed by atoms with Crippen LogP contribution in [0, 0.1) is 5.92 Å². The van der Waals surface area contributed by atoms with E-state index in [4.69, 9.17) is 4.74 Å². The molecule has 2 amide bonds. The van der Waals surface area contributed by atoms with Gasteiger partial charge in [0, 0.05) is 37.8 Å². The number of ether oxygens (including phenoxy) is 1. The molecule has 0 aromatic carbocycles. The van der Waals surface area contributed by atoms with Crippen LogP contribution in [0.25, 0.3) is 0 Å². The summed E-state index contributed by atoms with van der Waals surface area (Å²) in [5.41, 5.74) is 0.950. The minimum absolute atomic E-state index is 0.0407. The number of carbonyl (C=O) groups is 2. The largest absolute Gasteiger partial charge is 0.481 e. The highest BCUT2D eigenvalue weighted by Gasteiger charge is 2.27. The van der Waals surface area contributed by atoms with Crippen molar-refractivity contribution >= 4 is 23.2 Å². The number of thiophene rings is 1. The summed E-state index contributed by atoms with van der Waals surface area (Å²) in [6.07, 6.45) is 3.06. The van der Waals surface area contributed by atoms with E-state index in [-0.39, 0.29) is 17.7 Å². The summed E-state index contributed by atoms with van der Waals surface area (Å²) in [6.45, 7) is 1.70. The second-order valence-electron chi connectivity index (χ2n) is 5.97. The number of methoxy groups -OCH3 is 1. The Balaban J connectivity index is 1.47. The van der Waals surface area contributed by atoms with Crippen LogP contribution in [0.3, 0.4) is 0 Å². The highest BCUT2D eigenvalue weighted by Crippen LogP contribution is 2.21. The van der Waals surface area contributed by atoms with Crippen LogP contribution in [0.4, 0.5) is 0 Å². The quantitative estimate of drug-likeness (QED) is 0.889. The number of likely N-dealkylation sites (tertiary alicyclic amines) is 1. The standard InChI is InChI=1S/C18H21N3O3S/c1-24-16-11-13(4-7-19-16)12-20-17(22)14-5-8-21(9-6-14)18(23)15-3-2-10-25-15/h2-4,7,10-11,14H,5-6,8-9,12H2,1H3,(H,20,22). The molecule has 132 valence electrons. The van der Waals surface area contributed by atoms with E-state index < -0.39 is 0 Å². The molecule has 1 aliphatic heterocycles. The van der Waals surface area contributed by atoms with Gasteiger partial charge in [0.25, 0.3) is 5.91 Å². The van der Waals surface area contributed by atoms with Crippen molar-refractivity contribution in [2.75, 3.05) is 20.2 Å². The lowest BCUT2D eigenvalue weighted by Crippen LogP contribution is -2.42. The number of nitrogens with zero attached hydrogens (tertiary/aromatic N) is 2. The van der Waals surface area contributed by atoms with Crippen molar-refractivity contribution in [3.05, 3.63) is 46.3 Å². The Morgan fingerprint density at radius 1 is 1.36 bits per heavy atom. The van der Waals surface area contributed by atoms with Crippen molar-refractivity contribution in [2.45, 2.75) is 19.4 Å². The van der Waals surface area contributed by atoms with Gasteiger partial charge >= 0.3 is 0 Å². The molecule has 3 rings (SSSR count). The number of hydrogen-bond acceptors (Lipinski definition) is 5. The van der Waals surface area contributed by atoms with Crippen LogP contribution in [-0.2, 0) is 11.3 Å². The molecule has 0 unspecified atom stereocenters. The van der Waals surface area contributed by atoms with Crippen LogP contribution in [0.15, 0.2) is 35.8 Å². The highest BCUT2D eigenvalue weighted by atomic mass is 32.1. The molecule has 2 aromatic heterocycles. The summed E-state index contributed by atoms with van der Waals surface area (Å²) in [4.78, 5) is 31.3. The number of carbonyl (C=O) groups excluding carboxylic acids is 2. The summed E-state index contributed by atoms with van der Waals surface area (Å²) >= 11 is 1.45. The Hall–Kier alpha value is -2.41. The Labute approximate surface area is 150 Å². The van der Waals surface area contributed by atoms with Gasteiger partial charge in [0.15, 0.2) is 0 Å². The topological polar surface area (TPSA) is 71.5 Å². The molecular weight excluding hydrogens is 338 g/mol. The third kappa shape index (κ3) is 4.36. The molecule has 0 saturated carbocycles. The first-order chi connectivity index (χ1) is 12.2. The molecule has 7 heteroatoms. The van der Waals surface area contributed by atoms with Crippen molar-refractivity contribution in [1.29, 1.82) is 0 Å². The first-order valence-electron chi connectivity index (χ1n) is 8.27. The van der Waals surface area contributed by atoms with Crippen LogP contribution in [0.5, 0.6) is 5.88 Å². The monoisotopic (exact) mass is 359 g/mol. The third-order valence-electron chi connectivity index (χ3n) is 4.36. The van der Waals surface area contributed by atoms with E-state index >= 15 is 0 Å². The van der Waals surface area contributed by atoms with Gasteiger partial charge in [-0.1, -0.05) is 6.07 Å². The summed E-state index contributed by atoms with van der Waals surface area (Å²) in [6, 6.07) is 7.38. The van der Waals surface area contributed by atoms with Gasteiger partial charge in [-0.25, -0.2) is 4.98 Å². The van der Waals surface area contributed by atoms with Crippen molar-refractivity contribution < 1.29 is 14.3 Å². The van der Waals surface area contributed by atoms with Crippen molar-refractivity contribution in [3.63, 3.8) is 0 Å². The number of piperidine rings is 1. The number of rotatable bonds is 5. The van der Waals surface area contributed by atoms with E-state index in [1.54, 1.807) is 13.3 Å². The Bertz CT molecular complexity index is 725.